The largest absolute Gasteiger partial charge is 0.494 e. The van der Waals surface area contributed by atoms with Crippen LogP contribution in [0.4, 0.5) is 5.69 Å². The maximum Gasteiger partial charge on any atom is 0.275 e. The highest BCUT2D eigenvalue weighted by Gasteiger charge is 2.38. The van der Waals surface area contributed by atoms with E-state index in [4.69, 9.17) is 37.8 Å². The van der Waals surface area contributed by atoms with E-state index in [1.807, 2.05) is 104 Å². The summed E-state index contributed by atoms with van der Waals surface area (Å²) in [6.07, 6.45) is 3.10. The summed E-state index contributed by atoms with van der Waals surface area (Å²) in [7, 11) is 1.95. The molecule has 11 heteroatoms. The highest BCUT2D eigenvalue weighted by atomic mass is 35.5. The van der Waals surface area contributed by atoms with Gasteiger partial charge in [0.2, 0.25) is 0 Å². The quantitative estimate of drug-likeness (QED) is 0.114. The fraction of sp³-hybridized carbons (Fsp3) is 0.275. The van der Waals surface area contributed by atoms with Crippen LogP contribution >= 0.6 is 23.2 Å². The molecule has 1 aliphatic heterocycles. The van der Waals surface area contributed by atoms with Gasteiger partial charge in [-0.3, -0.25) is 14.5 Å². The van der Waals surface area contributed by atoms with E-state index in [1.54, 1.807) is 0 Å². The summed E-state index contributed by atoms with van der Waals surface area (Å²) in [6.45, 7) is 14.2. The first-order valence-corrected chi connectivity index (χ1v) is 21.9. The van der Waals surface area contributed by atoms with Crippen LogP contribution in [0.25, 0.3) is 32.9 Å². The molecule has 316 valence electrons. The van der Waals surface area contributed by atoms with Gasteiger partial charge in [-0.2, -0.15) is 5.10 Å². The zero-order valence-corrected chi connectivity index (χ0v) is 37.7. The zero-order valence-electron chi connectivity index (χ0n) is 36.2. The summed E-state index contributed by atoms with van der Waals surface area (Å²) < 4.78 is 19.3. The molecule has 62 heavy (non-hydrogen) atoms. The zero-order chi connectivity index (χ0) is 43.4. The van der Waals surface area contributed by atoms with Gasteiger partial charge in [-0.25, -0.2) is 0 Å². The molecule has 0 radical (unpaired) electrons. The van der Waals surface area contributed by atoms with Crippen molar-refractivity contribution in [1.82, 2.24) is 23.9 Å². The minimum Gasteiger partial charge on any atom is -0.494 e. The Kier molecular flexibility index (Phi) is 11.1. The molecule has 5 heterocycles. The molecule has 1 amide bonds. The topological polar surface area (TPSA) is 79.3 Å². The Balaban J connectivity index is 1.19. The van der Waals surface area contributed by atoms with Crippen LogP contribution in [-0.4, -0.2) is 43.0 Å². The van der Waals surface area contributed by atoms with Crippen molar-refractivity contribution >= 4 is 56.6 Å². The highest BCUT2D eigenvalue weighted by molar-refractivity contribution is 6.35. The second-order valence-electron chi connectivity index (χ2n) is 16.6. The van der Waals surface area contributed by atoms with Gasteiger partial charge in [0.15, 0.2) is 0 Å². The Morgan fingerprint density at radius 2 is 1.56 bits per heavy atom. The van der Waals surface area contributed by atoms with Crippen LogP contribution in [0.15, 0.2) is 97.2 Å². The van der Waals surface area contributed by atoms with Gasteiger partial charge in [0.25, 0.3) is 5.91 Å². The van der Waals surface area contributed by atoms with Crippen LogP contribution in [0.3, 0.4) is 0 Å². The molecule has 9 rings (SSSR count). The third-order valence-electron chi connectivity index (χ3n) is 12.3. The lowest BCUT2D eigenvalue weighted by Gasteiger charge is -2.35. The number of carbonyl (C=O) groups is 1. The molecule has 4 aromatic carbocycles. The van der Waals surface area contributed by atoms with E-state index >= 15 is 4.79 Å². The minimum atomic E-state index is -0.131. The predicted molar refractivity (Wildman–Crippen MR) is 251 cm³/mol. The molecule has 0 fully saturated rings. The number of aryl methyl sites for hydroxylation is 6. The second kappa shape index (κ2) is 16.7. The fourth-order valence-corrected chi connectivity index (χ4v) is 9.68. The number of hydrogen-bond donors (Lipinski definition) is 0. The molecule has 0 aliphatic carbocycles. The van der Waals surface area contributed by atoms with Crippen molar-refractivity contribution in [2.45, 2.75) is 73.6 Å². The number of nitrogens with zero attached hydrogens (tertiary/aromatic N) is 6. The Morgan fingerprint density at radius 3 is 2.27 bits per heavy atom. The molecular formula is C51H50Cl2N6O3. The van der Waals surface area contributed by atoms with Crippen LogP contribution in [-0.2, 0) is 26.6 Å². The monoisotopic (exact) mass is 864 g/mol. The summed E-state index contributed by atoms with van der Waals surface area (Å²) in [6, 6.07) is 30.3. The smallest absolute Gasteiger partial charge is 0.275 e. The lowest BCUT2D eigenvalue weighted by molar-refractivity contribution is 0.0957. The van der Waals surface area contributed by atoms with Gasteiger partial charge in [-0.1, -0.05) is 65.7 Å². The number of anilines is 1. The van der Waals surface area contributed by atoms with Crippen molar-refractivity contribution in [3.63, 3.8) is 0 Å². The molecule has 8 aromatic rings. The van der Waals surface area contributed by atoms with Crippen LogP contribution < -0.4 is 14.4 Å². The van der Waals surface area contributed by atoms with Crippen molar-refractivity contribution in [2.75, 3.05) is 18.1 Å². The first-order chi connectivity index (χ1) is 29.9. The van der Waals surface area contributed by atoms with Crippen LogP contribution in [0.2, 0.25) is 10.0 Å². The van der Waals surface area contributed by atoms with Crippen LogP contribution in [0.5, 0.6) is 11.5 Å². The Labute approximate surface area is 372 Å². The SMILES string of the molecule is Cc1cc(OCCCc2c3n(c4c(-c5c(C)nn(C)c5C)c(Cl)ccc24)[C@H](C)CN(c2cc(OCc4ccccc4)cc4cc(C)n(Cc5ccccn5)c24)C3=O)cc(C)c1Cl. The number of ether oxygens (including phenoxy) is 2. The standard InChI is InChI=1S/C51H50Cl2N6O3/c1-30-22-39(23-31(2)47(30)53)61-21-13-17-41-42-18-19-43(52)46(45-34(5)55-56(7)35(45)6)49(42)59-33(4)27-58(51(60)50(41)59)44-26-40(62-29-36-14-9-8-10-15-36)25-37-24-32(3)57(48(37)44)28-38-16-11-12-20-54-38/h8-12,14-16,18-20,22-26,33H,13,17,21,27-29H2,1-7H3/t33-/m1/s1. The van der Waals surface area contributed by atoms with E-state index in [0.717, 1.165) is 94.4 Å². The molecular weight excluding hydrogens is 816 g/mol. The first kappa shape index (κ1) is 41.3. The molecule has 0 saturated heterocycles. The van der Waals surface area contributed by atoms with Crippen molar-refractivity contribution < 1.29 is 14.3 Å². The van der Waals surface area contributed by atoms with E-state index in [2.05, 4.69) is 65.2 Å². The van der Waals surface area contributed by atoms with Crippen molar-refractivity contribution in [1.29, 1.82) is 0 Å². The van der Waals surface area contributed by atoms with Crippen molar-refractivity contribution in [3.8, 4) is 22.6 Å². The average molecular weight is 866 g/mol. The van der Waals surface area contributed by atoms with Crippen LogP contribution in [0, 0.1) is 34.6 Å². The van der Waals surface area contributed by atoms with E-state index in [-0.39, 0.29) is 11.9 Å². The van der Waals surface area contributed by atoms with Crippen LogP contribution in [0.1, 0.15) is 74.9 Å². The maximum atomic E-state index is 15.7. The number of amides is 1. The molecule has 0 saturated carbocycles. The summed E-state index contributed by atoms with van der Waals surface area (Å²) in [5.74, 6) is 1.40. The van der Waals surface area contributed by atoms with Gasteiger partial charge >= 0.3 is 0 Å². The van der Waals surface area contributed by atoms with Gasteiger partial charge in [0.05, 0.1) is 46.3 Å². The van der Waals surface area contributed by atoms with Gasteiger partial charge in [0, 0.05) is 70.2 Å². The number of halogens is 2. The number of fused-ring (bicyclic) bond motifs is 4. The fourth-order valence-electron chi connectivity index (χ4n) is 9.32. The number of carbonyl (C=O) groups excluding carboxylic acids is 1. The summed E-state index contributed by atoms with van der Waals surface area (Å²) in [4.78, 5) is 22.4. The van der Waals surface area contributed by atoms with Crippen molar-refractivity contribution in [2.24, 2.45) is 7.05 Å². The number of aromatic nitrogens is 5. The molecule has 0 spiro atoms. The average Bonchev–Trinajstić information content (AvgIpc) is 3.85. The lowest BCUT2D eigenvalue weighted by atomic mass is 9.98. The second-order valence-corrected chi connectivity index (χ2v) is 17.4. The third-order valence-corrected chi connectivity index (χ3v) is 13.2. The highest BCUT2D eigenvalue weighted by Crippen LogP contribution is 2.46. The Hall–Kier alpha value is -6.03. The summed E-state index contributed by atoms with van der Waals surface area (Å²) >= 11 is 13.7. The van der Waals surface area contributed by atoms with Gasteiger partial charge < -0.3 is 23.5 Å². The molecule has 0 N–H and O–H groups in total. The molecule has 0 bridgehead atoms. The number of hydrogen-bond acceptors (Lipinski definition) is 5. The first-order valence-electron chi connectivity index (χ1n) is 21.2. The molecule has 4 aromatic heterocycles. The Morgan fingerprint density at radius 1 is 0.823 bits per heavy atom. The normalized spacial score (nSPS) is 14.0. The predicted octanol–water partition coefficient (Wildman–Crippen LogP) is 12.1. The van der Waals surface area contributed by atoms with Gasteiger partial charge in [-0.05, 0) is 119 Å². The summed E-state index contributed by atoms with van der Waals surface area (Å²) in [5, 5.41) is 8.15. The lowest BCUT2D eigenvalue weighted by Crippen LogP contribution is -2.43. The third kappa shape index (κ3) is 7.41. The summed E-state index contributed by atoms with van der Waals surface area (Å²) in [5.41, 5.74) is 13.1. The molecule has 9 nitrogen and oxygen atoms in total. The van der Waals surface area contributed by atoms with E-state index in [9.17, 15) is 0 Å². The Bertz CT molecular complexity index is 2980. The molecule has 1 atom stereocenters. The number of benzene rings is 4. The molecule has 0 unspecified atom stereocenters. The maximum absolute atomic E-state index is 15.7. The van der Waals surface area contributed by atoms with Gasteiger partial charge in [0.1, 0.15) is 23.8 Å². The molecule has 1 aliphatic rings. The van der Waals surface area contributed by atoms with E-state index < -0.39 is 0 Å². The number of pyridine rings is 1. The van der Waals surface area contributed by atoms with Crippen molar-refractivity contribution in [3.05, 3.63) is 158 Å². The minimum absolute atomic E-state index is 0.0781. The number of rotatable bonds is 12. The van der Waals surface area contributed by atoms with E-state index in [0.29, 0.717) is 55.6 Å². The van der Waals surface area contributed by atoms with E-state index in [1.165, 1.54) is 0 Å². The van der Waals surface area contributed by atoms with Gasteiger partial charge in [-0.15, -0.1) is 0 Å².